The van der Waals surface area contributed by atoms with Crippen molar-refractivity contribution in [1.82, 2.24) is 5.32 Å². The van der Waals surface area contributed by atoms with Crippen LogP contribution in [0.2, 0.25) is 0 Å². The van der Waals surface area contributed by atoms with Crippen LogP contribution in [0.3, 0.4) is 0 Å². The quantitative estimate of drug-likeness (QED) is 0.826. The number of carbonyl (C=O) groups is 2. The summed E-state index contributed by atoms with van der Waals surface area (Å²) in [5.41, 5.74) is 1.07. The van der Waals surface area contributed by atoms with E-state index in [0.717, 1.165) is 24.9 Å². The minimum Gasteiger partial charge on any atom is -0.366 e. The fourth-order valence-corrected chi connectivity index (χ4v) is 4.21. The topological polar surface area (TPSA) is 55.4 Å². The Hall–Kier alpha value is -1.52. The molecule has 4 atom stereocenters. The Labute approximate surface area is 150 Å². The lowest BCUT2D eigenvalue weighted by Crippen LogP contribution is -2.54. The number of carbonyl (C=O) groups excluding carboxylic acids is 2. The van der Waals surface area contributed by atoms with Crippen LogP contribution >= 0.6 is 0 Å². The number of benzene rings is 1. The van der Waals surface area contributed by atoms with Gasteiger partial charge < -0.3 is 10.1 Å². The van der Waals surface area contributed by atoms with Crippen molar-refractivity contribution < 1.29 is 14.3 Å². The third-order valence-electron chi connectivity index (χ3n) is 5.48. The maximum absolute atomic E-state index is 13.2. The fraction of sp³-hybridized carbons (Fsp3) is 0.619. The number of rotatable bonds is 7. The summed E-state index contributed by atoms with van der Waals surface area (Å²) >= 11 is 0. The molecule has 1 aromatic rings. The highest BCUT2D eigenvalue weighted by Gasteiger charge is 2.46. The third-order valence-corrected chi connectivity index (χ3v) is 5.48. The maximum Gasteiger partial charge on any atom is 0.179 e. The summed E-state index contributed by atoms with van der Waals surface area (Å²) in [6.07, 6.45) is 2.80. The normalized spacial score (nSPS) is 27.3. The Bertz CT molecular complexity index is 598. The molecular weight excluding hydrogens is 314 g/mol. The van der Waals surface area contributed by atoms with Crippen LogP contribution < -0.4 is 5.32 Å². The average Bonchev–Trinajstić information content (AvgIpc) is 3.00. The summed E-state index contributed by atoms with van der Waals surface area (Å²) in [7, 11) is 0. The SMILES string of the molecule is CC(C)C[C@H](OCc1ccccc1)C(=O)C1NCC[C@H]2CCC(=O)[C@@H]12. The largest absolute Gasteiger partial charge is 0.366 e. The van der Waals surface area contributed by atoms with Gasteiger partial charge in [-0.25, -0.2) is 0 Å². The van der Waals surface area contributed by atoms with Gasteiger partial charge in [0.1, 0.15) is 11.9 Å². The molecule has 3 rings (SSSR count). The Morgan fingerprint density at radius 3 is 2.72 bits per heavy atom. The van der Waals surface area contributed by atoms with Crippen molar-refractivity contribution in [2.45, 2.75) is 58.3 Å². The number of hydrogen-bond donors (Lipinski definition) is 1. The highest BCUT2D eigenvalue weighted by molar-refractivity contribution is 5.95. The van der Waals surface area contributed by atoms with Crippen molar-refractivity contribution in [3.05, 3.63) is 35.9 Å². The van der Waals surface area contributed by atoms with E-state index >= 15 is 0 Å². The summed E-state index contributed by atoms with van der Waals surface area (Å²) in [5.74, 6) is 0.910. The van der Waals surface area contributed by atoms with E-state index in [9.17, 15) is 9.59 Å². The number of piperidine rings is 1. The standard InChI is InChI=1S/C21H29NO3/c1-14(2)12-18(25-13-15-6-4-3-5-7-15)21(24)20-19-16(10-11-22-20)8-9-17(19)23/h3-7,14,16,18-20,22H,8-13H2,1-2H3/t16-,18+,19+,20?/m1/s1. The first-order valence-corrected chi connectivity index (χ1v) is 9.51. The van der Waals surface area contributed by atoms with Crippen LogP contribution in [0.25, 0.3) is 0 Å². The number of nitrogens with one attached hydrogen (secondary N) is 1. The molecular formula is C21H29NO3. The molecule has 2 fully saturated rings. The van der Waals surface area contributed by atoms with Crippen molar-refractivity contribution in [2.24, 2.45) is 17.8 Å². The maximum atomic E-state index is 13.2. The summed E-state index contributed by atoms with van der Waals surface area (Å²) in [5, 5.41) is 3.32. The second-order valence-electron chi connectivity index (χ2n) is 7.83. The number of fused-ring (bicyclic) bond motifs is 1. The number of ketones is 2. The van der Waals surface area contributed by atoms with E-state index < -0.39 is 6.10 Å². The molecule has 136 valence electrons. The first-order valence-electron chi connectivity index (χ1n) is 9.51. The molecule has 1 unspecified atom stereocenters. The van der Waals surface area contributed by atoms with Gasteiger partial charge in [0.15, 0.2) is 5.78 Å². The van der Waals surface area contributed by atoms with Gasteiger partial charge in [-0.1, -0.05) is 44.2 Å². The van der Waals surface area contributed by atoms with Crippen molar-refractivity contribution >= 4 is 11.6 Å². The van der Waals surface area contributed by atoms with Crippen LogP contribution in [0.4, 0.5) is 0 Å². The van der Waals surface area contributed by atoms with Crippen molar-refractivity contribution in [1.29, 1.82) is 0 Å². The van der Waals surface area contributed by atoms with Gasteiger partial charge in [-0.2, -0.15) is 0 Å². The van der Waals surface area contributed by atoms with Crippen LogP contribution in [-0.4, -0.2) is 30.3 Å². The van der Waals surface area contributed by atoms with E-state index in [1.165, 1.54) is 0 Å². The van der Waals surface area contributed by atoms with E-state index in [4.69, 9.17) is 4.74 Å². The van der Waals surface area contributed by atoms with Crippen LogP contribution in [0.5, 0.6) is 0 Å². The lowest BCUT2D eigenvalue weighted by atomic mass is 9.79. The molecule has 1 N–H and O–H groups in total. The lowest BCUT2D eigenvalue weighted by Gasteiger charge is -2.35. The molecule has 25 heavy (non-hydrogen) atoms. The lowest BCUT2D eigenvalue weighted by molar-refractivity contribution is -0.140. The second-order valence-corrected chi connectivity index (χ2v) is 7.83. The van der Waals surface area contributed by atoms with E-state index in [0.29, 0.717) is 31.3 Å². The smallest absolute Gasteiger partial charge is 0.179 e. The van der Waals surface area contributed by atoms with Gasteiger partial charge in [0.05, 0.1) is 12.6 Å². The minimum absolute atomic E-state index is 0.0644. The molecule has 1 heterocycles. The zero-order valence-corrected chi connectivity index (χ0v) is 15.2. The Morgan fingerprint density at radius 1 is 1.24 bits per heavy atom. The first kappa shape index (κ1) is 18.3. The van der Waals surface area contributed by atoms with Crippen LogP contribution in [0.15, 0.2) is 30.3 Å². The molecule has 1 saturated heterocycles. The molecule has 0 spiro atoms. The predicted octanol–water partition coefficient (Wildman–Crippen LogP) is 3.14. The second kappa shape index (κ2) is 8.24. The van der Waals surface area contributed by atoms with E-state index in [-0.39, 0.29) is 23.5 Å². The van der Waals surface area contributed by atoms with E-state index in [1.54, 1.807) is 0 Å². The molecule has 1 aliphatic heterocycles. The van der Waals surface area contributed by atoms with Gasteiger partial charge in [0.2, 0.25) is 0 Å². The molecule has 1 saturated carbocycles. The van der Waals surface area contributed by atoms with Gasteiger partial charge in [0, 0.05) is 12.3 Å². The molecule has 2 aliphatic rings. The fourth-order valence-electron chi connectivity index (χ4n) is 4.21. The van der Waals surface area contributed by atoms with Gasteiger partial charge in [0.25, 0.3) is 0 Å². The van der Waals surface area contributed by atoms with Crippen LogP contribution in [0.1, 0.15) is 45.1 Å². The Morgan fingerprint density at radius 2 is 2.00 bits per heavy atom. The molecule has 0 radical (unpaired) electrons. The molecule has 4 nitrogen and oxygen atoms in total. The van der Waals surface area contributed by atoms with Gasteiger partial charge in [-0.05, 0) is 43.2 Å². The van der Waals surface area contributed by atoms with Crippen LogP contribution in [0, 0.1) is 17.8 Å². The average molecular weight is 343 g/mol. The van der Waals surface area contributed by atoms with E-state index in [2.05, 4.69) is 19.2 Å². The highest BCUT2D eigenvalue weighted by atomic mass is 16.5. The van der Waals surface area contributed by atoms with Crippen molar-refractivity contribution in [3.63, 3.8) is 0 Å². The summed E-state index contributed by atoms with van der Waals surface area (Å²) in [4.78, 5) is 25.5. The molecule has 0 aromatic heterocycles. The Balaban J connectivity index is 1.70. The first-order chi connectivity index (χ1) is 12.1. The molecule has 1 aliphatic carbocycles. The van der Waals surface area contributed by atoms with Crippen LogP contribution in [-0.2, 0) is 20.9 Å². The summed E-state index contributed by atoms with van der Waals surface area (Å²) in [6.45, 7) is 5.45. The summed E-state index contributed by atoms with van der Waals surface area (Å²) in [6, 6.07) is 9.56. The third kappa shape index (κ3) is 4.36. The molecule has 0 bridgehead atoms. The number of Topliss-reactive ketones (excluding diaryl/α,β-unsaturated/α-hetero) is 2. The van der Waals surface area contributed by atoms with Gasteiger partial charge in [-0.15, -0.1) is 0 Å². The predicted molar refractivity (Wildman–Crippen MR) is 97.1 cm³/mol. The van der Waals surface area contributed by atoms with E-state index in [1.807, 2.05) is 30.3 Å². The van der Waals surface area contributed by atoms with Crippen molar-refractivity contribution in [2.75, 3.05) is 6.54 Å². The molecule has 4 heteroatoms. The molecule has 0 amide bonds. The monoisotopic (exact) mass is 343 g/mol. The zero-order valence-electron chi connectivity index (χ0n) is 15.2. The summed E-state index contributed by atoms with van der Waals surface area (Å²) < 4.78 is 6.04. The number of hydrogen-bond acceptors (Lipinski definition) is 4. The molecule has 1 aromatic carbocycles. The van der Waals surface area contributed by atoms with Gasteiger partial charge >= 0.3 is 0 Å². The Kier molecular flexibility index (Phi) is 6.02. The van der Waals surface area contributed by atoms with Crippen molar-refractivity contribution in [3.8, 4) is 0 Å². The number of ether oxygens (including phenoxy) is 1. The zero-order chi connectivity index (χ0) is 17.8. The highest BCUT2D eigenvalue weighted by Crippen LogP contribution is 2.37. The minimum atomic E-state index is -0.454. The van der Waals surface area contributed by atoms with Gasteiger partial charge in [-0.3, -0.25) is 9.59 Å².